The second-order valence-corrected chi connectivity index (χ2v) is 7.53. The summed E-state index contributed by atoms with van der Waals surface area (Å²) in [6.07, 6.45) is 0. The number of ether oxygens (including phenoxy) is 1. The monoisotopic (exact) mass is 420 g/mol. The van der Waals surface area contributed by atoms with Crippen LogP contribution in [0.25, 0.3) is 16.5 Å². The lowest BCUT2D eigenvalue weighted by atomic mass is 9.86. The number of halogens is 2. The first-order valence-electron chi connectivity index (χ1n) is 9.54. The molecular formula is C24H18F2N2O3. The van der Waals surface area contributed by atoms with E-state index in [0.29, 0.717) is 17.2 Å². The molecule has 0 unspecified atom stereocenters. The van der Waals surface area contributed by atoms with Gasteiger partial charge in [0.05, 0.1) is 11.1 Å². The van der Waals surface area contributed by atoms with Crippen molar-refractivity contribution in [1.82, 2.24) is 9.78 Å². The zero-order valence-electron chi connectivity index (χ0n) is 16.8. The molecular weight excluding hydrogens is 402 g/mol. The fourth-order valence-electron chi connectivity index (χ4n) is 3.29. The first-order valence-corrected chi connectivity index (χ1v) is 9.54. The van der Waals surface area contributed by atoms with Gasteiger partial charge in [-0.1, -0.05) is 36.4 Å². The molecule has 3 aromatic carbocycles. The number of carbonyl (C=O) groups excluding carboxylic acids is 1. The quantitative estimate of drug-likeness (QED) is 0.359. The third-order valence-corrected chi connectivity index (χ3v) is 5.00. The fraction of sp³-hybridized carbons (Fsp3) is 0.125. The molecule has 0 amide bonds. The number of para-hydroxylation sites is 1. The van der Waals surface area contributed by atoms with E-state index < -0.39 is 28.6 Å². The molecule has 0 atom stereocenters. The van der Waals surface area contributed by atoms with E-state index in [4.69, 9.17) is 4.74 Å². The Bertz CT molecular complexity index is 1350. The van der Waals surface area contributed by atoms with E-state index in [0.717, 1.165) is 16.8 Å². The maximum atomic E-state index is 14.5. The van der Waals surface area contributed by atoms with Crippen molar-refractivity contribution in [3.8, 4) is 11.4 Å². The van der Waals surface area contributed by atoms with Crippen LogP contribution < -0.4 is 10.3 Å². The van der Waals surface area contributed by atoms with E-state index in [1.807, 2.05) is 0 Å². The van der Waals surface area contributed by atoms with Crippen molar-refractivity contribution in [3.63, 3.8) is 0 Å². The number of aromatic nitrogens is 2. The highest BCUT2D eigenvalue weighted by Gasteiger charge is 2.36. The molecule has 0 saturated heterocycles. The van der Waals surface area contributed by atoms with Gasteiger partial charge in [-0.05, 0) is 44.2 Å². The smallest absolute Gasteiger partial charge is 0.323 e. The third-order valence-electron chi connectivity index (χ3n) is 5.00. The van der Waals surface area contributed by atoms with E-state index in [-0.39, 0.29) is 16.8 Å². The lowest BCUT2D eigenvalue weighted by Crippen LogP contribution is -2.37. The Morgan fingerprint density at radius 3 is 2.26 bits per heavy atom. The van der Waals surface area contributed by atoms with Crippen LogP contribution in [0.1, 0.15) is 19.5 Å². The van der Waals surface area contributed by atoms with Crippen LogP contribution in [0.3, 0.4) is 0 Å². The van der Waals surface area contributed by atoms with E-state index in [2.05, 4.69) is 5.10 Å². The highest BCUT2D eigenvalue weighted by Crippen LogP contribution is 2.30. The lowest BCUT2D eigenvalue weighted by Gasteiger charge is -2.24. The van der Waals surface area contributed by atoms with Gasteiger partial charge in [0.25, 0.3) is 5.56 Å². The number of hydrogen-bond donors (Lipinski definition) is 0. The van der Waals surface area contributed by atoms with Crippen molar-refractivity contribution in [1.29, 1.82) is 0 Å². The summed E-state index contributed by atoms with van der Waals surface area (Å²) in [4.78, 5) is 26.1. The van der Waals surface area contributed by atoms with Crippen LogP contribution in [0.15, 0.2) is 77.6 Å². The Morgan fingerprint density at radius 1 is 0.935 bits per heavy atom. The normalized spacial score (nSPS) is 11.5. The molecule has 0 aliphatic carbocycles. The van der Waals surface area contributed by atoms with Gasteiger partial charge in [0.2, 0.25) is 0 Å². The van der Waals surface area contributed by atoms with Crippen LogP contribution in [0.2, 0.25) is 0 Å². The summed E-state index contributed by atoms with van der Waals surface area (Å²) in [5, 5.41) is 5.03. The van der Waals surface area contributed by atoms with Gasteiger partial charge in [0.15, 0.2) is 5.82 Å². The van der Waals surface area contributed by atoms with Gasteiger partial charge >= 0.3 is 5.97 Å². The number of benzene rings is 3. The van der Waals surface area contributed by atoms with Crippen LogP contribution in [-0.4, -0.2) is 15.7 Å². The Hall–Kier alpha value is -3.87. The molecule has 5 nitrogen and oxygen atoms in total. The largest absolute Gasteiger partial charge is 0.426 e. The molecule has 1 heterocycles. The topological polar surface area (TPSA) is 61.2 Å². The number of hydrogen-bond acceptors (Lipinski definition) is 4. The van der Waals surface area contributed by atoms with Gasteiger partial charge < -0.3 is 4.74 Å². The van der Waals surface area contributed by atoms with Crippen LogP contribution in [0.4, 0.5) is 8.78 Å². The second-order valence-electron chi connectivity index (χ2n) is 7.53. The van der Waals surface area contributed by atoms with Crippen LogP contribution in [0, 0.1) is 11.6 Å². The standard InChI is InChI=1S/C24H18F2N2O3/c1-24(2,23(30)31-16-8-4-3-5-9-16)21-17-10-6-7-11-18(17)22(29)28(27-21)20-13-12-15(25)14-19(20)26/h3-14H,1-2H3. The number of nitrogens with zero attached hydrogens (tertiary/aromatic N) is 2. The van der Waals surface area contributed by atoms with Gasteiger partial charge in [0.1, 0.15) is 22.7 Å². The molecule has 4 rings (SSSR count). The summed E-state index contributed by atoms with van der Waals surface area (Å²) < 4.78 is 34.2. The Morgan fingerprint density at radius 2 is 1.58 bits per heavy atom. The van der Waals surface area contributed by atoms with Gasteiger partial charge in [0, 0.05) is 11.5 Å². The molecule has 4 aromatic rings. The zero-order chi connectivity index (χ0) is 22.2. The molecule has 7 heteroatoms. The minimum absolute atomic E-state index is 0.217. The van der Waals surface area contributed by atoms with Crippen LogP contribution in [-0.2, 0) is 10.2 Å². The minimum Gasteiger partial charge on any atom is -0.426 e. The first kappa shape index (κ1) is 20.4. The summed E-state index contributed by atoms with van der Waals surface area (Å²) in [6, 6.07) is 18.0. The molecule has 0 N–H and O–H groups in total. The average molecular weight is 420 g/mol. The minimum atomic E-state index is -1.29. The molecule has 31 heavy (non-hydrogen) atoms. The van der Waals surface area contributed by atoms with Crippen molar-refractivity contribution in [2.75, 3.05) is 0 Å². The van der Waals surface area contributed by atoms with Crippen molar-refractivity contribution < 1.29 is 18.3 Å². The zero-order valence-corrected chi connectivity index (χ0v) is 16.8. The summed E-state index contributed by atoms with van der Waals surface area (Å²) in [5.74, 6) is -1.95. The van der Waals surface area contributed by atoms with E-state index in [1.54, 1.807) is 68.4 Å². The second kappa shape index (κ2) is 7.75. The molecule has 0 aliphatic heterocycles. The Labute approximate surface area is 176 Å². The predicted octanol–water partition coefficient (Wildman–Crippen LogP) is 4.55. The summed E-state index contributed by atoms with van der Waals surface area (Å²) in [7, 11) is 0. The van der Waals surface area contributed by atoms with Gasteiger partial charge in [-0.15, -0.1) is 0 Å². The molecule has 0 saturated carbocycles. The molecule has 156 valence electrons. The van der Waals surface area contributed by atoms with Crippen molar-refractivity contribution in [2.45, 2.75) is 19.3 Å². The summed E-state index contributed by atoms with van der Waals surface area (Å²) in [6.45, 7) is 3.23. The molecule has 0 aliphatic rings. The predicted molar refractivity (Wildman–Crippen MR) is 112 cm³/mol. The molecule has 1 aromatic heterocycles. The van der Waals surface area contributed by atoms with Crippen LogP contribution in [0.5, 0.6) is 5.75 Å². The Kier molecular flexibility index (Phi) is 5.10. The van der Waals surface area contributed by atoms with Crippen molar-refractivity contribution in [3.05, 3.63) is 100 Å². The fourth-order valence-corrected chi connectivity index (χ4v) is 3.29. The number of fused-ring (bicyclic) bond motifs is 1. The van der Waals surface area contributed by atoms with Crippen molar-refractivity contribution >= 4 is 16.7 Å². The number of rotatable bonds is 4. The number of esters is 1. The maximum Gasteiger partial charge on any atom is 0.323 e. The average Bonchev–Trinajstić information content (AvgIpc) is 2.75. The Balaban J connectivity index is 1.92. The molecule has 0 fully saturated rings. The molecule has 0 radical (unpaired) electrons. The highest BCUT2D eigenvalue weighted by atomic mass is 19.1. The van der Waals surface area contributed by atoms with Gasteiger partial charge in [-0.25, -0.2) is 8.78 Å². The third kappa shape index (κ3) is 3.70. The van der Waals surface area contributed by atoms with E-state index in [1.165, 1.54) is 0 Å². The van der Waals surface area contributed by atoms with E-state index >= 15 is 0 Å². The lowest BCUT2D eigenvalue weighted by molar-refractivity contribution is -0.139. The summed E-state index contributed by atoms with van der Waals surface area (Å²) >= 11 is 0. The van der Waals surface area contributed by atoms with Crippen molar-refractivity contribution in [2.24, 2.45) is 0 Å². The highest BCUT2D eigenvalue weighted by molar-refractivity contribution is 5.92. The van der Waals surface area contributed by atoms with Crippen LogP contribution >= 0.6 is 0 Å². The van der Waals surface area contributed by atoms with Gasteiger partial charge in [-0.2, -0.15) is 9.78 Å². The maximum absolute atomic E-state index is 14.5. The first-order chi connectivity index (χ1) is 14.8. The van der Waals surface area contributed by atoms with Gasteiger partial charge in [-0.3, -0.25) is 9.59 Å². The van der Waals surface area contributed by atoms with E-state index in [9.17, 15) is 18.4 Å². The summed E-state index contributed by atoms with van der Waals surface area (Å²) in [5.41, 5.74) is -1.86. The number of carbonyl (C=O) groups is 1. The molecule has 0 bridgehead atoms. The molecule has 0 spiro atoms. The SMILES string of the molecule is CC(C)(C(=O)Oc1ccccc1)c1nn(-c2ccc(F)cc2F)c(=O)c2ccccc12.